The van der Waals surface area contributed by atoms with Crippen molar-refractivity contribution < 1.29 is 9.53 Å². The number of hydrogen-bond donors (Lipinski definition) is 1. The molecule has 2 N–H and O–H groups in total. The predicted molar refractivity (Wildman–Crippen MR) is 82.3 cm³/mol. The first-order chi connectivity index (χ1) is 9.10. The van der Waals surface area contributed by atoms with Crippen LogP contribution in [0.25, 0.3) is 0 Å². The number of carbonyl (C=O) groups is 1. The molecule has 1 aliphatic rings. The van der Waals surface area contributed by atoms with E-state index >= 15 is 0 Å². The van der Waals surface area contributed by atoms with Crippen molar-refractivity contribution in [3.63, 3.8) is 0 Å². The summed E-state index contributed by atoms with van der Waals surface area (Å²) in [6.45, 7) is 6.02. The molecule has 1 amide bonds. The Labute approximate surface area is 126 Å². The number of rotatable bonds is 4. The molecule has 20 heavy (non-hydrogen) atoms. The molecular weight excluding hydrogens is 276 g/mol. The van der Waals surface area contributed by atoms with Crippen LogP contribution in [-0.2, 0) is 4.79 Å². The molecule has 2 rings (SSSR count). The number of aryl methyl sites for hydroxylation is 1. The highest BCUT2D eigenvalue weighted by atomic mass is 35.5. The Kier molecular flexibility index (Phi) is 6.30. The number of hydrogen-bond acceptors (Lipinski definition) is 3. The zero-order chi connectivity index (χ0) is 13.8. The van der Waals surface area contributed by atoms with Gasteiger partial charge in [-0.2, -0.15) is 0 Å². The minimum Gasteiger partial charge on any atom is -0.481 e. The summed E-state index contributed by atoms with van der Waals surface area (Å²) in [5, 5.41) is 0. The fraction of sp³-hybridized carbons (Fsp3) is 0.533. The molecule has 1 aromatic rings. The van der Waals surface area contributed by atoms with Gasteiger partial charge in [-0.3, -0.25) is 4.79 Å². The molecule has 1 heterocycles. The van der Waals surface area contributed by atoms with Crippen molar-refractivity contribution >= 4 is 18.3 Å². The number of likely N-dealkylation sites (tertiary alicyclic amines) is 1. The summed E-state index contributed by atoms with van der Waals surface area (Å²) < 4.78 is 5.72. The average Bonchev–Trinajstić information content (AvgIpc) is 2.86. The smallest absolute Gasteiger partial charge is 0.263 e. The molecule has 0 aromatic heterocycles. The molecule has 0 radical (unpaired) electrons. The topological polar surface area (TPSA) is 55.6 Å². The van der Waals surface area contributed by atoms with E-state index in [4.69, 9.17) is 10.5 Å². The molecule has 0 bridgehead atoms. The molecule has 1 saturated heterocycles. The Balaban J connectivity index is 0.00000200. The van der Waals surface area contributed by atoms with E-state index in [1.54, 1.807) is 6.92 Å². The summed E-state index contributed by atoms with van der Waals surface area (Å²) in [7, 11) is 0. The molecule has 2 atom stereocenters. The van der Waals surface area contributed by atoms with Crippen LogP contribution in [0.2, 0.25) is 0 Å². The Morgan fingerprint density at radius 1 is 1.55 bits per heavy atom. The van der Waals surface area contributed by atoms with Gasteiger partial charge in [0.05, 0.1) is 0 Å². The minimum absolute atomic E-state index is 0. The van der Waals surface area contributed by atoms with Crippen LogP contribution >= 0.6 is 12.4 Å². The van der Waals surface area contributed by atoms with Gasteiger partial charge in [-0.15, -0.1) is 12.4 Å². The van der Waals surface area contributed by atoms with Crippen LogP contribution in [0.1, 0.15) is 18.9 Å². The van der Waals surface area contributed by atoms with Crippen molar-refractivity contribution in [1.29, 1.82) is 0 Å². The van der Waals surface area contributed by atoms with Crippen molar-refractivity contribution in [2.24, 2.45) is 11.7 Å². The van der Waals surface area contributed by atoms with E-state index in [2.05, 4.69) is 0 Å². The van der Waals surface area contributed by atoms with Gasteiger partial charge in [0.15, 0.2) is 6.10 Å². The lowest BCUT2D eigenvalue weighted by Gasteiger charge is -2.21. The molecular formula is C15H23ClN2O2. The molecule has 1 aliphatic heterocycles. The van der Waals surface area contributed by atoms with E-state index in [0.717, 1.165) is 30.8 Å². The fourth-order valence-electron chi connectivity index (χ4n) is 2.43. The van der Waals surface area contributed by atoms with Crippen LogP contribution in [0, 0.1) is 12.8 Å². The Bertz CT molecular complexity index is 453. The molecule has 2 unspecified atom stereocenters. The lowest BCUT2D eigenvalue weighted by atomic mass is 10.1. The number of nitrogens with two attached hydrogens (primary N) is 1. The molecule has 1 fully saturated rings. The van der Waals surface area contributed by atoms with Crippen LogP contribution in [0.15, 0.2) is 24.3 Å². The summed E-state index contributed by atoms with van der Waals surface area (Å²) >= 11 is 0. The number of nitrogens with zero attached hydrogens (tertiary/aromatic N) is 1. The number of ether oxygens (including phenoxy) is 1. The van der Waals surface area contributed by atoms with Crippen molar-refractivity contribution in [1.82, 2.24) is 4.90 Å². The van der Waals surface area contributed by atoms with E-state index in [0.29, 0.717) is 12.5 Å². The third-order valence-electron chi connectivity index (χ3n) is 3.58. The van der Waals surface area contributed by atoms with E-state index in [-0.39, 0.29) is 18.3 Å². The van der Waals surface area contributed by atoms with Crippen LogP contribution in [-0.4, -0.2) is 36.5 Å². The van der Waals surface area contributed by atoms with E-state index < -0.39 is 6.10 Å². The maximum Gasteiger partial charge on any atom is 0.263 e. The number of benzene rings is 1. The van der Waals surface area contributed by atoms with Crippen LogP contribution < -0.4 is 10.5 Å². The average molecular weight is 299 g/mol. The first-order valence-electron chi connectivity index (χ1n) is 6.82. The normalized spacial score (nSPS) is 19.4. The first kappa shape index (κ1) is 16.8. The standard InChI is InChI=1S/C15H22N2O2.ClH/c1-11-4-3-5-14(8-11)19-12(2)15(18)17-7-6-13(9-16)10-17;/h3-5,8,12-13H,6-7,9-10,16H2,1-2H3;1H. The SMILES string of the molecule is Cc1cccc(OC(C)C(=O)N2CCC(CN)C2)c1.Cl. The number of amides is 1. The number of halogens is 1. The monoisotopic (exact) mass is 298 g/mol. The highest BCUT2D eigenvalue weighted by Crippen LogP contribution is 2.19. The van der Waals surface area contributed by atoms with E-state index in [1.807, 2.05) is 36.1 Å². The Hall–Kier alpha value is -1.26. The largest absolute Gasteiger partial charge is 0.481 e. The molecule has 0 spiro atoms. The summed E-state index contributed by atoms with van der Waals surface area (Å²) in [5.41, 5.74) is 6.77. The van der Waals surface area contributed by atoms with Crippen molar-refractivity contribution in [3.05, 3.63) is 29.8 Å². The lowest BCUT2D eigenvalue weighted by molar-refractivity contribution is -0.136. The van der Waals surface area contributed by atoms with Gasteiger partial charge in [0.1, 0.15) is 5.75 Å². The summed E-state index contributed by atoms with van der Waals surface area (Å²) in [6.07, 6.45) is 0.553. The van der Waals surface area contributed by atoms with Gasteiger partial charge in [-0.25, -0.2) is 0 Å². The Morgan fingerprint density at radius 3 is 2.90 bits per heavy atom. The van der Waals surface area contributed by atoms with Crippen LogP contribution in [0.5, 0.6) is 5.75 Å². The van der Waals surface area contributed by atoms with Gasteiger partial charge in [0, 0.05) is 13.1 Å². The minimum atomic E-state index is -0.446. The Morgan fingerprint density at radius 2 is 2.30 bits per heavy atom. The number of carbonyl (C=O) groups excluding carboxylic acids is 1. The van der Waals surface area contributed by atoms with Crippen LogP contribution in [0.3, 0.4) is 0 Å². The van der Waals surface area contributed by atoms with Gasteiger partial charge < -0.3 is 15.4 Å². The van der Waals surface area contributed by atoms with E-state index in [1.165, 1.54) is 0 Å². The first-order valence-corrected chi connectivity index (χ1v) is 6.82. The van der Waals surface area contributed by atoms with Crippen LogP contribution in [0.4, 0.5) is 0 Å². The second kappa shape index (κ2) is 7.50. The zero-order valence-electron chi connectivity index (χ0n) is 12.0. The highest BCUT2D eigenvalue weighted by Gasteiger charge is 2.29. The molecule has 1 aromatic carbocycles. The summed E-state index contributed by atoms with van der Waals surface area (Å²) in [4.78, 5) is 14.1. The molecule has 4 nitrogen and oxygen atoms in total. The van der Waals surface area contributed by atoms with Crippen molar-refractivity contribution in [2.75, 3.05) is 19.6 Å². The maximum atomic E-state index is 12.3. The van der Waals surface area contributed by atoms with Gasteiger partial charge in [-0.1, -0.05) is 12.1 Å². The van der Waals surface area contributed by atoms with E-state index in [9.17, 15) is 4.79 Å². The lowest BCUT2D eigenvalue weighted by Crippen LogP contribution is -2.39. The molecule has 5 heteroatoms. The summed E-state index contributed by atoms with van der Waals surface area (Å²) in [6, 6.07) is 7.76. The van der Waals surface area contributed by atoms with Crippen molar-refractivity contribution in [3.8, 4) is 5.75 Å². The third kappa shape index (κ3) is 4.12. The van der Waals surface area contributed by atoms with Crippen molar-refractivity contribution in [2.45, 2.75) is 26.4 Å². The fourth-order valence-corrected chi connectivity index (χ4v) is 2.43. The highest BCUT2D eigenvalue weighted by molar-refractivity contribution is 5.85. The van der Waals surface area contributed by atoms with Gasteiger partial charge in [0.25, 0.3) is 5.91 Å². The summed E-state index contributed by atoms with van der Waals surface area (Å²) in [5.74, 6) is 1.24. The quantitative estimate of drug-likeness (QED) is 0.925. The second-order valence-electron chi connectivity index (χ2n) is 5.25. The molecule has 0 saturated carbocycles. The zero-order valence-corrected chi connectivity index (χ0v) is 12.9. The second-order valence-corrected chi connectivity index (χ2v) is 5.25. The van der Waals surface area contributed by atoms with Gasteiger partial charge in [-0.05, 0) is 50.4 Å². The maximum absolute atomic E-state index is 12.3. The molecule has 0 aliphatic carbocycles. The van der Waals surface area contributed by atoms with Gasteiger partial charge in [0.2, 0.25) is 0 Å². The van der Waals surface area contributed by atoms with Gasteiger partial charge >= 0.3 is 0 Å². The molecule has 112 valence electrons. The third-order valence-corrected chi connectivity index (χ3v) is 3.58. The predicted octanol–water partition coefficient (Wildman–Crippen LogP) is 1.99.